The molecule has 0 aromatic carbocycles. The summed E-state index contributed by atoms with van der Waals surface area (Å²) in [4.78, 5) is 8.52. The second-order valence-corrected chi connectivity index (χ2v) is 4.62. The van der Waals surface area contributed by atoms with Crippen LogP contribution in [0.1, 0.15) is 0 Å². The van der Waals surface area contributed by atoms with Crippen molar-refractivity contribution in [1.29, 1.82) is 0 Å². The Morgan fingerprint density at radius 3 is 1.69 bits per heavy atom. The molecule has 13 heavy (non-hydrogen) atoms. The summed E-state index contributed by atoms with van der Waals surface area (Å²) in [5, 5.41) is 0. The first-order valence-corrected chi connectivity index (χ1v) is 5.66. The van der Waals surface area contributed by atoms with Gasteiger partial charge in [0, 0.05) is 0 Å². The Kier molecular flexibility index (Phi) is 2.70. The minimum atomic E-state index is 0.239. The molecule has 0 spiro atoms. The van der Waals surface area contributed by atoms with E-state index < -0.39 is 0 Å². The Morgan fingerprint density at radius 1 is 0.769 bits per heavy atom. The molecule has 2 aromatic rings. The van der Waals surface area contributed by atoms with E-state index in [0.29, 0.717) is 0 Å². The number of rotatable bonds is 2. The number of hydrogen-bond acceptors (Lipinski definition) is 2. The van der Waals surface area contributed by atoms with E-state index in [0.717, 1.165) is 9.18 Å². The van der Waals surface area contributed by atoms with Crippen LogP contribution in [0.4, 0.5) is 0 Å². The maximum absolute atomic E-state index is 4.26. The van der Waals surface area contributed by atoms with Crippen molar-refractivity contribution < 1.29 is 0 Å². The zero-order valence-electron chi connectivity index (χ0n) is 6.92. The van der Waals surface area contributed by atoms with Gasteiger partial charge in [-0.2, -0.15) is 0 Å². The molecule has 0 fully saturated rings. The Morgan fingerprint density at radius 2 is 1.31 bits per heavy atom. The summed E-state index contributed by atoms with van der Waals surface area (Å²) in [6.45, 7) is 0. The average Bonchev–Trinajstić information content (AvgIpc) is 2.21. The Hall–Kier alpha value is -1.18. The fourth-order valence-electron chi connectivity index (χ4n) is 0.922. The second-order valence-electron chi connectivity index (χ2n) is 2.44. The van der Waals surface area contributed by atoms with Crippen LogP contribution in [0.15, 0.2) is 48.8 Å². The van der Waals surface area contributed by atoms with E-state index in [9.17, 15) is 0 Å². The molecule has 2 rings (SSSR count). The van der Waals surface area contributed by atoms with Crippen molar-refractivity contribution in [2.45, 2.75) is 0 Å². The van der Waals surface area contributed by atoms with Crippen molar-refractivity contribution in [1.82, 2.24) is 9.97 Å². The van der Waals surface area contributed by atoms with Gasteiger partial charge in [-0.3, -0.25) is 0 Å². The predicted octanol–water partition coefficient (Wildman–Crippen LogP) is 0.132. The van der Waals surface area contributed by atoms with Crippen LogP contribution in [-0.2, 0) is 0 Å². The summed E-state index contributed by atoms with van der Waals surface area (Å²) in [5.41, 5.74) is 0. The first kappa shape index (κ1) is 8.42. The predicted molar refractivity (Wildman–Crippen MR) is 53.5 cm³/mol. The normalized spacial score (nSPS) is 9.85. The van der Waals surface area contributed by atoms with Gasteiger partial charge in [-0.05, 0) is 0 Å². The van der Waals surface area contributed by atoms with Crippen molar-refractivity contribution >= 4 is 24.1 Å². The monoisotopic (exact) mass is 236 g/mol. The molecule has 2 heterocycles. The number of hydrogen-bond donors (Lipinski definition) is 0. The summed E-state index contributed by atoms with van der Waals surface area (Å²) in [7, 11) is 0. The van der Waals surface area contributed by atoms with E-state index in [-0.39, 0.29) is 15.0 Å². The third-order valence-electron chi connectivity index (χ3n) is 1.48. The molecule has 0 saturated heterocycles. The van der Waals surface area contributed by atoms with Crippen LogP contribution >= 0.6 is 0 Å². The van der Waals surface area contributed by atoms with Gasteiger partial charge in [0.25, 0.3) is 0 Å². The van der Waals surface area contributed by atoms with Crippen LogP contribution in [-0.4, -0.2) is 24.9 Å². The van der Waals surface area contributed by atoms with E-state index in [1.807, 2.05) is 48.8 Å². The average molecular weight is 235 g/mol. The number of nitrogens with zero attached hydrogens (tertiary/aromatic N) is 2. The molecule has 0 unspecified atom stereocenters. The summed E-state index contributed by atoms with van der Waals surface area (Å²) < 4.78 is 2.24. The van der Waals surface area contributed by atoms with Gasteiger partial charge in [0.15, 0.2) is 0 Å². The molecule has 0 radical (unpaired) electrons. The van der Waals surface area contributed by atoms with E-state index in [1.165, 1.54) is 0 Å². The molecule has 0 N–H and O–H groups in total. The summed E-state index contributed by atoms with van der Waals surface area (Å²) in [6.07, 6.45) is 3.64. The van der Waals surface area contributed by atoms with Crippen molar-refractivity contribution in [3.05, 3.63) is 48.8 Å². The van der Waals surface area contributed by atoms with E-state index in [2.05, 4.69) is 9.97 Å². The Labute approximate surface area is 83.2 Å². The molecule has 64 valence electrons. The van der Waals surface area contributed by atoms with Gasteiger partial charge in [0.2, 0.25) is 0 Å². The van der Waals surface area contributed by atoms with Gasteiger partial charge in [0.1, 0.15) is 0 Å². The Balaban J connectivity index is 2.16. The number of aromatic nitrogens is 2. The van der Waals surface area contributed by atoms with E-state index in [1.54, 1.807) is 0 Å². The molecule has 3 heteroatoms. The quantitative estimate of drug-likeness (QED) is 0.691. The SMILES string of the molecule is c1ccc([Se]c2ccccn2)nc1. The standard InChI is InChI=1S/C10H8N2Se/c1-3-7-11-9(5-1)13-10-6-2-4-8-12-10/h1-8H. The molecule has 0 aliphatic carbocycles. The molecule has 0 atom stereocenters. The van der Waals surface area contributed by atoms with Crippen LogP contribution in [0.3, 0.4) is 0 Å². The number of pyridine rings is 2. The van der Waals surface area contributed by atoms with Crippen molar-refractivity contribution in [3.8, 4) is 0 Å². The maximum atomic E-state index is 4.26. The zero-order chi connectivity index (χ0) is 8.93. The van der Waals surface area contributed by atoms with Gasteiger partial charge >= 0.3 is 82.9 Å². The first-order valence-electron chi connectivity index (χ1n) is 3.95. The van der Waals surface area contributed by atoms with Gasteiger partial charge in [-0.25, -0.2) is 0 Å². The van der Waals surface area contributed by atoms with Gasteiger partial charge < -0.3 is 0 Å². The van der Waals surface area contributed by atoms with Gasteiger partial charge in [-0.1, -0.05) is 0 Å². The zero-order valence-corrected chi connectivity index (χ0v) is 8.63. The molecule has 2 nitrogen and oxygen atoms in total. The molecule has 0 saturated carbocycles. The van der Waals surface area contributed by atoms with Crippen molar-refractivity contribution in [2.24, 2.45) is 0 Å². The summed E-state index contributed by atoms with van der Waals surface area (Å²) in [5.74, 6) is 0. The van der Waals surface area contributed by atoms with Crippen LogP contribution < -0.4 is 9.18 Å². The topological polar surface area (TPSA) is 25.8 Å². The first-order chi connectivity index (χ1) is 6.45. The molecule has 2 aromatic heterocycles. The van der Waals surface area contributed by atoms with Crippen LogP contribution in [0.5, 0.6) is 0 Å². The molecular weight excluding hydrogens is 227 g/mol. The van der Waals surface area contributed by atoms with Crippen molar-refractivity contribution in [2.75, 3.05) is 0 Å². The summed E-state index contributed by atoms with van der Waals surface area (Å²) >= 11 is 0.239. The van der Waals surface area contributed by atoms with Crippen LogP contribution in [0.25, 0.3) is 0 Å². The fraction of sp³-hybridized carbons (Fsp3) is 0. The van der Waals surface area contributed by atoms with Crippen molar-refractivity contribution in [3.63, 3.8) is 0 Å². The van der Waals surface area contributed by atoms with E-state index >= 15 is 0 Å². The van der Waals surface area contributed by atoms with E-state index in [4.69, 9.17) is 0 Å². The molecule has 0 bridgehead atoms. The molecular formula is C10H8N2Se. The third kappa shape index (κ3) is 2.38. The Bertz CT molecular complexity index is 324. The molecule has 0 aliphatic rings. The van der Waals surface area contributed by atoms with Crippen LogP contribution in [0.2, 0.25) is 0 Å². The second kappa shape index (κ2) is 4.17. The van der Waals surface area contributed by atoms with Crippen LogP contribution in [0, 0.1) is 0 Å². The fourth-order valence-corrected chi connectivity index (χ4v) is 2.46. The molecule has 0 aliphatic heterocycles. The minimum absolute atomic E-state index is 0.239. The van der Waals surface area contributed by atoms with Gasteiger partial charge in [0.05, 0.1) is 0 Å². The van der Waals surface area contributed by atoms with Gasteiger partial charge in [-0.15, -0.1) is 0 Å². The summed E-state index contributed by atoms with van der Waals surface area (Å²) in [6, 6.07) is 11.9. The molecule has 0 amide bonds. The third-order valence-corrected chi connectivity index (χ3v) is 3.38.